The molecule has 2 aromatic carbocycles. The molecule has 2 aliphatic rings. The molecule has 3 N–H and O–H groups in total. The van der Waals surface area contributed by atoms with Gasteiger partial charge in [0.25, 0.3) is 0 Å². The maximum absolute atomic E-state index is 14.1. The third-order valence-electron chi connectivity index (χ3n) is 9.91. The summed E-state index contributed by atoms with van der Waals surface area (Å²) in [7, 11) is 2.11. The first kappa shape index (κ1) is 39.2. The summed E-state index contributed by atoms with van der Waals surface area (Å²) in [5, 5.41) is 1.13. The number of rotatable bonds is 13. The first-order valence-electron chi connectivity index (χ1n) is 17.6. The average molecular weight is 763 g/mol. The number of nitrogens with two attached hydrogens (primary N) is 1. The minimum absolute atomic E-state index is 0.0183. The van der Waals surface area contributed by atoms with Crippen LogP contribution >= 0.6 is 23.2 Å². The van der Waals surface area contributed by atoms with Gasteiger partial charge < -0.3 is 24.8 Å². The predicted octanol–water partition coefficient (Wildman–Crippen LogP) is 5.20. The number of fused-ring (bicyclic) bond motifs is 1. The number of halogens is 2. The van der Waals surface area contributed by atoms with E-state index in [4.69, 9.17) is 33.7 Å². The molecule has 1 saturated heterocycles. The van der Waals surface area contributed by atoms with Gasteiger partial charge in [-0.25, -0.2) is 13.4 Å². The lowest BCUT2D eigenvalue weighted by atomic mass is 9.96. The molecular weight excluding hydrogens is 711 g/mol. The summed E-state index contributed by atoms with van der Waals surface area (Å²) >= 11 is 13.3. The van der Waals surface area contributed by atoms with Gasteiger partial charge >= 0.3 is 0 Å². The number of aryl methyl sites for hydroxylation is 2. The molecule has 1 aromatic heterocycles. The molecule has 2 fully saturated rings. The lowest BCUT2D eigenvalue weighted by molar-refractivity contribution is -0.870. The van der Waals surface area contributed by atoms with E-state index >= 15 is 0 Å². The van der Waals surface area contributed by atoms with Gasteiger partial charge in [0.1, 0.15) is 28.3 Å². The van der Waals surface area contributed by atoms with Crippen LogP contribution in [0.2, 0.25) is 10.0 Å². The van der Waals surface area contributed by atoms with Crippen molar-refractivity contribution in [2.75, 3.05) is 53.9 Å². The van der Waals surface area contributed by atoms with Crippen molar-refractivity contribution in [3.8, 4) is 5.75 Å². The van der Waals surface area contributed by atoms with Gasteiger partial charge in [0.2, 0.25) is 21.8 Å². The van der Waals surface area contributed by atoms with Gasteiger partial charge in [0.05, 0.1) is 32.7 Å². The highest BCUT2D eigenvalue weighted by molar-refractivity contribution is 7.89. The molecule has 2 amide bonds. The van der Waals surface area contributed by atoms with Crippen molar-refractivity contribution >= 4 is 55.9 Å². The lowest BCUT2D eigenvalue weighted by Gasteiger charge is -2.40. The van der Waals surface area contributed by atoms with E-state index < -0.39 is 15.6 Å². The molecule has 1 atom stereocenters. The summed E-state index contributed by atoms with van der Waals surface area (Å²) in [6.45, 7) is 6.18. The van der Waals surface area contributed by atoms with E-state index in [1.165, 1.54) is 12.1 Å². The molecule has 3 aromatic rings. The van der Waals surface area contributed by atoms with Gasteiger partial charge in [0, 0.05) is 60.3 Å². The standard InChI is InChI=1S/C37H51Cl2N6O5S/c1-25-22-26(2)41-35-28(25)11-8-12-31(35)50-24-29-30(38)13-14-32(34(29)39)51(48,49)42-37(15-6-7-16-37)36(47)44-19-17-43(18-20-44)33(46)23-27(40)10-9-21-45(3,4)5/h8,11-14,22,27,42H,6-7,9-10,15-21,23-24,40H2,1-5H3/q+1/t27-/m0/s1. The molecule has 0 spiro atoms. The Kier molecular flexibility index (Phi) is 12.3. The Morgan fingerprint density at radius 2 is 1.71 bits per heavy atom. The van der Waals surface area contributed by atoms with Crippen LogP contribution in [0.4, 0.5) is 0 Å². The highest BCUT2D eigenvalue weighted by Crippen LogP contribution is 2.37. The third kappa shape index (κ3) is 9.33. The maximum atomic E-state index is 14.1. The van der Waals surface area contributed by atoms with Crippen molar-refractivity contribution in [1.82, 2.24) is 19.5 Å². The van der Waals surface area contributed by atoms with Gasteiger partial charge in [-0.15, -0.1) is 0 Å². The SMILES string of the molecule is Cc1cc(C)c2cccc(OCc3c(Cl)ccc(S(=O)(=O)NC4(C(=O)N5CCN(C(=O)C[C@@H](N)CCC[N+](C)(C)C)CC5)CCCC4)c3Cl)c2n1. The van der Waals surface area contributed by atoms with Gasteiger partial charge in [0.15, 0.2) is 0 Å². The molecule has 51 heavy (non-hydrogen) atoms. The Balaban J connectivity index is 1.26. The van der Waals surface area contributed by atoms with Crippen LogP contribution in [0.25, 0.3) is 10.9 Å². The van der Waals surface area contributed by atoms with Crippen LogP contribution in [0.1, 0.15) is 61.8 Å². The lowest BCUT2D eigenvalue weighted by Crippen LogP contribution is -2.61. The van der Waals surface area contributed by atoms with Crippen LogP contribution in [0.15, 0.2) is 41.3 Å². The van der Waals surface area contributed by atoms with E-state index in [0.717, 1.165) is 40.5 Å². The fourth-order valence-electron chi connectivity index (χ4n) is 7.13. The molecule has 11 nitrogen and oxygen atoms in total. The first-order valence-corrected chi connectivity index (χ1v) is 19.9. The van der Waals surface area contributed by atoms with Crippen LogP contribution in [-0.2, 0) is 26.2 Å². The Hall–Kier alpha value is -3.00. The second-order valence-corrected chi connectivity index (χ2v) is 17.5. The second kappa shape index (κ2) is 15.9. The maximum Gasteiger partial charge on any atom is 0.243 e. The van der Waals surface area contributed by atoms with Crippen LogP contribution in [0, 0.1) is 13.8 Å². The van der Waals surface area contributed by atoms with E-state index in [1.54, 1.807) is 15.9 Å². The summed E-state index contributed by atoms with van der Waals surface area (Å²) in [5.74, 6) is 0.221. The van der Waals surface area contributed by atoms with Crippen molar-refractivity contribution in [3.63, 3.8) is 0 Å². The number of benzene rings is 2. The number of nitrogens with zero attached hydrogens (tertiary/aromatic N) is 4. The van der Waals surface area contributed by atoms with E-state index in [1.807, 2.05) is 32.0 Å². The Morgan fingerprint density at radius 1 is 1.04 bits per heavy atom. The van der Waals surface area contributed by atoms with Gasteiger partial charge in [-0.1, -0.05) is 48.2 Å². The van der Waals surface area contributed by atoms with Gasteiger partial charge in [-0.3, -0.25) is 9.59 Å². The number of ether oxygens (including phenoxy) is 1. The fourth-order valence-corrected chi connectivity index (χ4v) is 9.44. The van der Waals surface area contributed by atoms with E-state index in [-0.39, 0.29) is 45.8 Å². The highest BCUT2D eigenvalue weighted by atomic mass is 35.5. The summed E-state index contributed by atoms with van der Waals surface area (Å²) in [6, 6.07) is 10.3. The van der Waals surface area contributed by atoms with Crippen LogP contribution in [-0.4, -0.2) is 105 Å². The normalized spacial score (nSPS) is 17.2. The van der Waals surface area contributed by atoms with Crippen molar-refractivity contribution in [1.29, 1.82) is 0 Å². The Morgan fingerprint density at radius 3 is 2.37 bits per heavy atom. The van der Waals surface area contributed by atoms with Crippen molar-refractivity contribution in [3.05, 3.63) is 63.3 Å². The van der Waals surface area contributed by atoms with E-state index in [0.29, 0.717) is 68.7 Å². The summed E-state index contributed by atoms with van der Waals surface area (Å²) in [4.78, 5) is 35.0. The molecule has 1 aliphatic carbocycles. The van der Waals surface area contributed by atoms with Crippen LogP contribution < -0.4 is 15.2 Å². The fraction of sp³-hybridized carbons (Fsp3) is 0.541. The smallest absolute Gasteiger partial charge is 0.243 e. The van der Waals surface area contributed by atoms with E-state index in [2.05, 4.69) is 30.8 Å². The summed E-state index contributed by atoms with van der Waals surface area (Å²) in [6.07, 6.45) is 4.10. The van der Waals surface area contributed by atoms with Crippen molar-refractivity contribution in [2.45, 2.75) is 81.9 Å². The third-order valence-corrected chi connectivity index (χ3v) is 12.4. The zero-order valence-electron chi connectivity index (χ0n) is 30.3. The number of carbonyl (C=O) groups is 2. The van der Waals surface area contributed by atoms with Crippen LogP contribution in [0.3, 0.4) is 0 Å². The number of sulfonamides is 1. The van der Waals surface area contributed by atoms with Gasteiger partial charge in [-0.05, 0) is 69.4 Å². The molecule has 0 unspecified atom stereocenters. The first-order chi connectivity index (χ1) is 24.0. The van der Waals surface area contributed by atoms with Gasteiger partial charge in [-0.2, -0.15) is 4.72 Å². The van der Waals surface area contributed by atoms with E-state index in [9.17, 15) is 18.0 Å². The molecule has 278 valence electrons. The molecule has 14 heteroatoms. The number of carbonyl (C=O) groups excluding carboxylic acids is 2. The molecule has 0 radical (unpaired) electrons. The molecule has 1 saturated carbocycles. The molecular formula is C37H51Cl2N6O5S+. The average Bonchev–Trinajstić information content (AvgIpc) is 3.52. The minimum atomic E-state index is -4.27. The zero-order chi connectivity index (χ0) is 37.1. The number of hydrogen-bond donors (Lipinski definition) is 2. The number of hydrogen-bond acceptors (Lipinski definition) is 7. The minimum Gasteiger partial charge on any atom is -0.487 e. The monoisotopic (exact) mass is 761 g/mol. The quantitative estimate of drug-likeness (QED) is 0.229. The largest absolute Gasteiger partial charge is 0.487 e. The van der Waals surface area contributed by atoms with Crippen LogP contribution in [0.5, 0.6) is 5.75 Å². The number of pyridine rings is 1. The highest BCUT2D eigenvalue weighted by Gasteiger charge is 2.47. The molecule has 2 heterocycles. The number of para-hydroxylation sites is 1. The number of nitrogens with one attached hydrogen (secondary N) is 1. The summed E-state index contributed by atoms with van der Waals surface area (Å²) in [5.41, 5.74) is 7.87. The Bertz CT molecular complexity index is 1870. The molecule has 1 aliphatic heterocycles. The topological polar surface area (TPSA) is 135 Å². The number of aromatic nitrogens is 1. The Labute approximate surface area is 312 Å². The zero-order valence-corrected chi connectivity index (χ0v) is 32.6. The number of piperazine rings is 1. The van der Waals surface area contributed by atoms with Crippen molar-refractivity contribution < 1.29 is 27.2 Å². The molecule has 5 rings (SSSR count). The number of quaternary nitrogens is 1. The summed E-state index contributed by atoms with van der Waals surface area (Å²) < 4.78 is 37.8. The van der Waals surface area contributed by atoms with Crippen molar-refractivity contribution in [2.24, 2.45) is 5.73 Å². The molecule has 0 bridgehead atoms. The number of amides is 2. The second-order valence-electron chi connectivity index (χ2n) is 15.0. The predicted molar refractivity (Wildman–Crippen MR) is 201 cm³/mol.